The molecule has 2 fully saturated rings. The first-order valence-electron chi connectivity index (χ1n) is 10.1. The Hall–Kier alpha value is -1.68. The molecule has 4 aliphatic carbocycles. The molecular formula is C23H27ClO4. The summed E-state index contributed by atoms with van der Waals surface area (Å²) < 4.78 is 5.77. The van der Waals surface area contributed by atoms with Gasteiger partial charge in [-0.25, -0.2) is 0 Å². The zero-order valence-electron chi connectivity index (χ0n) is 16.9. The average molecular weight is 403 g/mol. The molecule has 0 aromatic carbocycles. The van der Waals surface area contributed by atoms with Gasteiger partial charge >= 0.3 is 5.97 Å². The third-order valence-electron chi connectivity index (χ3n) is 8.17. The number of halogens is 1. The molecule has 0 spiro atoms. The number of hydrogen-bond donors (Lipinski definition) is 0. The fourth-order valence-electron chi connectivity index (χ4n) is 6.79. The molecule has 2 saturated carbocycles. The van der Waals surface area contributed by atoms with E-state index in [-0.39, 0.29) is 28.8 Å². The van der Waals surface area contributed by atoms with Crippen LogP contribution in [0.15, 0.2) is 34.9 Å². The Balaban J connectivity index is 1.80. The summed E-state index contributed by atoms with van der Waals surface area (Å²) in [5.41, 5.74) is -0.841. The summed E-state index contributed by atoms with van der Waals surface area (Å²) in [4.78, 5) is 36.5. The Kier molecular flexibility index (Phi) is 4.32. The van der Waals surface area contributed by atoms with Crippen LogP contribution in [0, 0.1) is 28.6 Å². The lowest BCUT2D eigenvalue weighted by atomic mass is 9.48. The summed E-state index contributed by atoms with van der Waals surface area (Å²) in [7, 11) is 0. The molecular weight excluding hydrogens is 376 g/mol. The van der Waals surface area contributed by atoms with Gasteiger partial charge in [-0.15, -0.1) is 0 Å². The molecule has 0 aromatic rings. The van der Waals surface area contributed by atoms with Gasteiger partial charge in [0.1, 0.15) is 0 Å². The highest BCUT2D eigenvalue weighted by atomic mass is 35.5. The Morgan fingerprint density at radius 2 is 1.82 bits per heavy atom. The van der Waals surface area contributed by atoms with Crippen molar-refractivity contribution in [1.29, 1.82) is 0 Å². The lowest BCUT2D eigenvalue weighted by Crippen LogP contribution is -2.58. The van der Waals surface area contributed by atoms with Gasteiger partial charge in [-0.2, -0.15) is 0 Å². The summed E-state index contributed by atoms with van der Waals surface area (Å²) in [6.45, 7) is 7.20. The van der Waals surface area contributed by atoms with Crippen molar-refractivity contribution in [1.82, 2.24) is 0 Å². The van der Waals surface area contributed by atoms with E-state index in [0.29, 0.717) is 17.4 Å². The predicted molar refractivity (Wildman–Crippen MR) is 106 cm³/mol. The number of fused-ring (bicyclic) bond motifs is 5. The largest absolute Gasteiger partial charge is 0.451 e. The van der Waals surface area contributed by atoms with Crippen molar-refractivity contribution in [2.24, 2.45) is 28.6 Å². The van der Waals surface area contributed by atoms with E-state index >= 15 is 0 Å². The molecule has 0 saturated heterocycles. The minimum Gasteiger partial charge on any atom is -0.451 e. The summed E-state index contributed by atoms with van der Waals surface area (Å²) in [5, 5.41) is 0.638. The minimum absolute atomic E-state index is 0.0237. The van der Waals surface area contributed by atoms with Gasteiger partial charge in [-0.05, 0) is 68.1 Å². The summed E-state index contributed by atoms with van der Waals surface area (Å²) >= 11 is 6.67. The van der Waals surface area contributed by atoms with Crippen LogP contribution in [0.5, 0.6) is 0 Å². The standard InChI is InChI=1S/C23H27ClO4/c1-13(25)23(28-14(2)26)10-7-18-16-12-20(24)19-11-15(27)5-8-21(19,3)17(16)6-9-22(18,23)4/h5,8,11-12,16-18H,6-7,9-10H2,1-4H3/t16?,17?,18?,21?,22?,23-/m0/s1. The predicted octanol–water partition coefficient (Wildman–Crippen LogP) is 4.53. The van der Waals surface area contributed by atoms with Crippen LogP contribution in [0.3, 0.4) is 0 Å². The van der Waals surface area contributed by atoms with E-state index in [1.165, 1.54) is 6.92 Å². The molecule has 0 N–H and O–H groups in total. The molecule has 5 unspecified atom stereocenters. The van der Waals surface area contributed by atoms with Crippen molar-refractivity contribution >= 4 is 29.1 Å². The molecule has 150 valence electrons. The fraction of sp³-hybridized carbons (Fsp3) is 0.609. The zero-order chi connectivity index (χ0) is 20.5. The van der Waals surface area contributed by atoms with Crippen molar-refractivity contribution < 1.29 is 19.1 Å². The first kappa shape index (κ1) is 19.6. The molecule has 4 rings (SSSR count). The molecule has 6 atom stereocenters. The number of ketones is 2. The number of ether oxygens (including phenoxy) is 1. The number of allylic oxidation sites excluding steroid dienone is 6. The molecule has 28 heavy (non-hydrogen) atoms. The minimum atomic E-state index is -1.05. The highest BCUT2D eigenvalue weighted by Gasteiger charge is 2.67. The van der Waals surface area contributed by atoms with Gasteiger partial charge in [-0.3, -0.25) is 14.4 Å². The van der Waals surface area contributed by atoms with E-state index in [0.717, 1.165) is 24.8 Å². The van der Waals surface area contributed by atoms with E-state index in [9.17, 15) is 14.4 Å². The topological polar surface area (TPSA) is 60.4 Å². The van der Waals surface area contributed by atoms with E-state index in [2.05, 4.69) is 19.9 Å². The monoisotopic (exact) mass is 402 g/mol. The first-order chi connectivity index (χ1) is 13.0. The molecule has 0 aliphatic heterocycles. The number of carbonyl (C=O) groups is 3. The van der Waals surface area contributed by atoms with Crippen LogP contribution in [0.4, 0.5) is 0 Å². The van der Waals surface area contributed by atoms with E-state index < -0.39 is 17.0 Å². The molecule has 0 aromatic heterocycles. The van der Waals surface area contributed by atoms with Crippen molar-refractivity contribution in [2.75, 3.05) is 0 Å². The van der Waals surface area contributed by atoms with Crippen molar-refractivity contribution in [2.45, 2.75) is 59.0 Å². The average Bonchev–Trinajstić information content (AvgIpc) is 2.90. The van der Waals surface area contributed by atoms with Crippen LogP contribution in [0.1, 0.15) is 53.4 Å². The van der Waals surface area contributed by atoms with Crippen molar-refractivity contribution in [3.8, 4) is 0 Å². The SMILES string of the molecule is CC(=O)O[C@]1(C(C)=O)CCC2C3C=C(Cl)C4=CC(=O)C=CC4(C)C3CCC21C. The van der Waals surface area contributed by atoms with E-state index in [4.69, 9.17) is 16.3 Å². The van der Waals surface area contributed by atoms with Gasteiger partial charge in [0, 0.05) is 22.8 Å². The zero-order valence-corrected chi connectivity index (χ0v) is 17.6. The number of esters is 1. The van der Waals surface area contributed by atoms with Crippen LogP contribution in [-0.4, -0.2) is 23.1 Å². The fourth-order valence-corrected chi connectivity index (χ4v) is 7.19. The maximum absolute atomic E-state index is 12.7. The normalized spacial score (nSPS) is 44.0. The molecule has 0 bridgehead atoms. The molecule has 0 amide bonds. The molecule has 5 heteroatoms. The number of carbonyl (C=O) groups excluding carboxylic acids is 3. The third-order valence-corrected chi connectivity index (χ3v) is 8.50. The van der Waals surface area contributed by atoms with Gasteiger partial charge in [0.2, 0.25) is 0 Å². The second-order valence-corrected chi connectivity index (χ2v) is 9.76. The van der Waals surface area contributed by atoms with E-state index in [1.807, 2.05) is 6.08 Å². The highest BCUT2D eigenvalue weighted by molar-refractivity contribution is 6.32. The van der Waals surface area contributed by atoms with Crippen LogP contribution >= 0.6 is 11.6 Å². The first-order valence-corrected chi connectivity index (χ1v) is 10.5. The lowest BCUT2D eigenvalue weighted by molar-refractivity contribution is -0.184. The van der Waals surface area contributed by atoms with Gasteiger partial charge in [-0.1, -0.05) is 37.6 Å². The number of hydrogen-bond acceptors (Lipinski definition) is 4. The van der Waals surface area contributed by atoms with Crippen LogP contribution in [0.2, 0.25) is 0 Å². The Labute approximate surface area is 171 Å². The molecule has 4 aliphatic rings. The van der Waals surface area contributed by atoms with Crippen LogP contribution in [0.25, 0.3) is 0 Å². The molecule has 0 heterocycles. The third kappa shape index (κ3) is 2.39. The smallest absolute Gasteiger partial charge is 0.303 e. The lowest BCUT2D eigenvalue weighted by Gasteiger charge is -2.56. The van der Waals surface area contributed by atoms with Crippen molar-refractivity contribution in [3.05, 3.63) is 34.9 Å². The Bertz CT molecular complexity index is 868. The molecule has 0 radical (unpaired) electrons. The maximum atomic E-state index is 12.7. The summed E-state index contributed by atoms with van der Waals surface area (Å²) in [6, 6.07) is 0. The maximum Gasteiger partial charge on any atom is 0.303 e. The number of Topliss-reactive ketones (excluding diaryl/α,β-unsaturated/α-hetero) is 1. The quantitative estimate of drug-likeness (QED) is 0.637. The van der Waals surface area contributed by atoms with Crippen molar-refractivity contribution in [3.63, 3.8) is 0 Å². The summed E-state index contributed by atoms with van der Waals surface area (Å²) in [6.07, 6.45) is 10.5. The second-order valence-electron chi connectivity index (χ2n) is 9.35. The van der Waals surface area contributed by atoms with Gasteiger partial charge < -0.3 is 4.74 Å². The number of rotatable bonds is 2. The van der Waals surface area contributed by atoms with E-state index in [1.54, 1.807) is 19.1 Å². The second kappa shape index (κ2) is 6.16. The van der Waals surface area contributed by atoms with Gasteiger partial charge in [0.05, 0.1) is 0 Å². The highest BCUT2D eigenvalue weighted by Crippen LogP contribution is 2.67. The Morgan fingerprint density at radius 3 is 2.46 bits per heavy atom. The van der Waals surface area contributed by atoms with Gasteiger partial charge in [0.25, 0.3) is 0 Å². The van der Waals surface area contributed by atoms with Gasteiger partial charge in [0.15, 0.2) is 17.2 Å². The Morgan fingerprint density at radius 1 is 1.14 bits per heavy atom. The van der Waals surface area contributed by atoms with Crippen LogP contribution < -0.4 is 0 Å². The van der Waals surface area contributed by atoms with Crippen LogP contribution in [-0.2, 0) is 19.1 Å². The molecule has 4 nitrogen and oxygen atoms in total. The summed E-state index contributed by atoms with van der Waals surface area (Å²) in [5.74, 6) is 0.207.